The summed E-state index contributed by atoms with van der Waals surface area (Å²) in [5, 5.41) is 9.14. The molecule has 1 atom stereocenters. The summed E-state index contributed by atoms with van der Waals surface area (Å²) < 4.78 is 29.9. The highest BCUT2D eigenvalue weighted by atomic mass is 32.2. The highest BCUT2D eigenvalue weighted by Crippen LogP contribution is 2.29. The monoisotopic (exact) mass is 327 g/mol. The topological polar surface area (TPSA) is 83.9 Å². The molecule has 0 heterocycles. The number of rotatable bonds is 8. The maximum Gasteiger partial charge on any atom is 0.320 e. The zero-order valence-corrected chi connectivity index (χ0v) is 13.5. The van der Waals surface area contributed by atoms with Crippen molar-refractivity contribution in [1.82, 2.24) is 4.90 Å². The fraction of sp³-hybridized carbons (Fsp3) is 0.533. The van der Waals surface area contributed by atoms with E-state index >= 15 is 0 Å². The van der Waals surface area contributed by atoms with Gasteiger partial charge in [0, 0.05) is 12.6 Å². The molecular weight excluding hydrogens is 306 g/mol. The highest BCUT2D eigenvalue weighted by Gasteiger charge is 2.35. The molecule has 1 saturated carbocycles. The molecule has 0 aromatic heterocycles. The molecule has 0 amide bonds. The molecule has 7 heteroatoms. The fourth-order valence-electron chi connectivity index (χ4n) is 2.38. The van der Waals surface area contributed by atoms with Crippen molar-refractivity contribution in [3.63, 3.8) is 0 Å². The van der Waals surface area contributed by atoms with Crippen LogP contribution < -0.4 is 4.74 Å². The minimum atomic E-state index is -3.47. The second-order valence-corrected chi connectivity index (χ2v) is 7.59. The smallest absolute Gasteiger partial charge is 0.320 e. The maximum atomic E-state index is 12.4. The minimum absolute atomic E-state index is 0.103. The largest absolute Gasteiger partial charge is 0.497 e. The van der Waals surface area contributed by atoms with Crippen LogP contribution in [-0.2, 0) is 14.6 Å². The third-order valence-corrected chi connectivity index (χ3v) is 5.58. The average Bonchev–Trinajstić information content (AvgIpc) is 3.32. The summed E-state index contributed by atoms with van der Waals surface area (Å²) in [5.74, 6) is -0.543. The van der Waals surface area contributed by atoms with E-state index in [0.29, 0.717) is 5.75 Å². The lowest BCUT2D eigenvalue weighted by Crippen LogP contribution is -2.43. The SMILES string of the molecule is COc1cccc(S(=O)(=O)CCN(C2CC2)C(C)C(=O)O)c1. The van der Waals surface area contributed by atoms with Gasteiger partial charge in [0.1, 0.15) is 11.8 Å². The van der Waals surface area contributed by atoms with Gasteiger partial charge in [-0.05, 0) is 38.0 Å². The molecule has 0 spiro atoms. The van der Waals surface area contributed by atoms with Crippen LogP contribution in [0.1, 0.15) is 19.8 Å². The molecule has 6 nitrogen and oxygen atoms in total. The number of sulfone groups is 1. The van der Waals surface area contributed by atoms with Gasteiger partial charge >= 0.3 is 5.97 Å². The quantitative estimate of drug-likeness (QED) is 0.777. The lowest BCUT2D eigenvalue weighted by molar-refractivity contribution is -0.142. The first kappa shape index (κ1) is 16.8. The zero-order valence-electron chi connectivity index (χ0n) is 12.7. The number of methoxy groups -OCH3 is 1. The summed E-state index contributed by atoms with van der Waals surface area (Å²) in [6.07, 6.45) is 1.85. The molecule has 1 aromatic carbocycles. The van der Waals surface area contributed by atoms with Crippen molar-refractivity contribution < 1.29 is 23.1 Å². The van der Waals surface area contributed by atoms with Gasteiger partial charge in [-0.3, -0.25) is 9.69 Å². The predicted octanol–water partition coefficient (Wildman–Crippen LogP) is 1.41. The van der Waals surface area contributed by atoms with Crippen LogP contribution in [0.15, 0.2) is 29.2 Å². The summed E-state index contributed by atoms with van der Waals surface area (Å²) in [4.78, 5) is 13.1. The number of hydrogen-bond acceptors (Lipinski definition) is 5. The highest BCUT2D eigenvalue weighted by molar-refractivity contribution is 7.91. The van der Waals surface area contributed by atoms with E-state index in [1.807, 2.05) is 0 Å². The standard InChI is InChI=1S/C15H21NO5S/c1-11(15(17)18)16(12-6-7-12)8-9-22(19,20)14-5-3-4-13(10-14)21-2/h3-5,10-12H,6-9H2,1-2H3,(H,17,18). The van der Waals surface area contributed by atoms with Crippen LogP contribution in [0.4, 0.5) is 0 Å². The van der Waals surface area contributed by atoms with Gasteiger partial charge in [0.25, 0.3) is 0 Å². The van der Waals surface area contributed by atoms with Crippen molar-refractivity contribution in [2.75, 3.05) is 19.4 Å². The molecule has 2 rings (SSSR count). The van der Waals surface area contributed by atoms with E-state index in [9.17, 15) is 13.2 Å². The maximum absolute atomic E-state index is 12.4. The minimum Gasteiger partial charge on any atom is -0.497 e. The number of benzene rings is 1. The Bertz CT molecular complexity index is 639. The Morgan fingerprint density at radius 2 is 2.14 bits per heavy atom. The van der Waals surface area contributed by atoms with Gasteiger partial charge in [-0.2, -0.15) is 0 Å². The second-order valence-electron chi connectivity index (χ2n) is 5.48. The van der Waals surface area contributed by atoms with E-state index in [0.717, 1.165) is 12.8 Å². The number of carboxylic acid groups (broad SMARTS) is 1. The lowest BCUT2D eigenvalue weighted by Gasteiger charge is -2.25. The molecule has 1 aromatic rings. The van der Waals surface area contributed by atoms with Gasteiger partial charge in [0.05, 0.1) is 17.8 Å². The van der Waals surface area contributed by atoms with Crippen molar-refractivity contribution in [2.45, 2.75) is 36.7 Å². The Hall–Kier alpha value is -1.60. The Balaban J connectivity index is 2.09. The Morgan fingerprint density at radius 3 is 2.68 bits per heavy atom. The zero-order chi connectivity index (χ0) is 16.3. The first-order valence-electron chi connectivity index (χ1n) is 7.20. The molecular formula is C15H21NO5S. The van der Waals surface area contributed by atoms with Crippen LogP contribution in [0, 0.1) is 0 Å². The van der Waals surface area contributed by atoms with E-state index in [2.05, 4.69) is 0 Å². The van der Waals surface area contributed by atoms with Gasteiger partial charge in [-0.1, -0.05) is 6.07 Å². The second kappa shape index (κ2) is 6.66. The number of aliphatic carboxylic acids is 1. The number of carboxylic acids is 1. The van der Waals surface area contributed by atoms with Crippen molar-refractivity contribution in [2.24, 2.45) is 0 Å². The van der Waals surface area contributed by atoms with Crippen molar-refractivity contribution in [1.29, 1.82) is 0 Å². The van der Waals surface area contributed by atoms with Gasteiger partial charge in [-0.25, -0.2) is 8.42 Å². The van der Waals surface area contributed by atoms with Gasteiger partial charge in [-0.15, -0.1) is 0 Å². The normalized spacial score (nSPS) is 16.5. The number of nitrogens with zero attached hydrogens (tertiary/aromatic N) is 1. The molecule has 0 bridgehead atoms. The molecule has 22 heavy (non-hydrogen) atoms. The molecule has 1 fully saturated rings. The molecule has 1 aliphatic carbocycles. The lowest BCUT2D eigenvalue weighted by atomic mass is 10.3. The molecule has 0 saturated heterocycles. The molecule has 0 radical (unpaired) electrons. The molecule has 122 valence electrons. The summed E-state index contributed by atoms with van der Waals surface area (Å²) in [6.45, 7) is 1.82. The molecule has 0 aliphatic heterocycles. The molecule has 1 unspecified atom stereocenters. The van der Waals surface area contributed by atoms with E-state index < -0.39 is 21.8 Å². The summed E-state index contributed by atoms with van der Waals surface area (Å²) >= 11 is 0. The van der Waals surface area contributed by atoms with E-state index in [4.69, 9.17) is 9.84 Å². The Labute approximate surface area is 130 Å². The first-order chi connectivity index (χ1) is 10.3. The Morgan fingerprint density at radius 1 is 1.45 bits per heavy atom. The van der Waals surface area contributed by atoms with Crippen LogP contribution >= 0.6 is 0 Å². The predicted molar refractivity (Wildman–Crippen MR) is 81.9 cm³/mol. The van der Waals surface area contributed by atoms with Crippen LogP contribution in [0.3, 0.4) is 0 Å². The van der Waals surface area contributed by atoms with Gasteiger partial charge in [0.15, 0.2) is 9.84 Å². The van der Waals surface area contributed by atoms with Crippen molar-refractivity contribution in [3.8, 4) is 5.75 Å². The van der Waals surface area contributed by atoms with Gasteiger partial charge < -0.3 is 9.84 Å². The summed E-state index contributed by atoms with van der Waals surface area (Å²) in [7, 11) is -1.99. The number of ether oxygens (including phenoxy) is 1. The fourth-order valence-corrected chi connectivity index (χ4v) is 3.65. The summed E-state index contributed by atoms with van der Waals surface area (Å²) in [5.41, 5.74) is 0. The van der Waals surface area contributed by atoms with Crippen LogP contribution in [0.5, 0.6) is 5.75 Å². The van der Waals surface area contributed by atoms with Crippen molar-refractivity contribution >= 4 is 15.8 Å². The van der Waals surface area contributed by atoms with Crippen LogP contribution in [-0.4, -0.2) is 55.9 Å². The summed E-state index contributed by atoms with van der Waals surface area (Å²) in [6, 6.07) is 5.84. The Kier molecular flexibility index (Phi) is 5.08. The number of carbonyl (C=O) groups is 1. The van der Waals surface area contributed by atoms with E-state index in [1.165, 1.54) is 19.2 Å². The van der Waals surface area contributed by atoms with E-state index in [-0.39, 0.29) is 23.2 Å². The van der Waals surface area contributed by atoms with Crippen LogP contribution in [0.2, 0.25) is 0 Å². The van der Waals surface area contributed by atoms with Crippen LogP contribution in [0.25, 0.3) is 0 Å². The number of hydrogen-bond donors (Lipinski definition) is 1. The van der Waals surface area contributed by atoms with Crippen molar-refractivity contribution in [3.05, 3.63) is 24.3 Å². The van der Waals surface area contributed by atoms with E-state index in [1.54, 1.807) is 24.0 Å². The molecule has 1 N–H and O–H groups in total. The molecule has 1 aliphatic rings. The van der Waals surface area contributed by atoms with Gasteiger partial charge in [0.2, 0.25) is 0 Å². The third-order valence-electron chi connectivity index (χ3n) is 3.89. The average molecular weight is 327 g/mol. The first-order valence-corrected chi connectivity index (χ1v) is 8.86. The third kappa shape index (κ3) is 3.98.